The average molecular weight is 2130 g/mol. The molecule has 0 aliphatic rings. The lowest BCUT2D eigenvalue weighted by molar-refractivity contribution is -0.157. The van der Waals surface area contributed by atoms with Crippen molar-refractivity contribution < 1.29 is 172 Å². The van der Waals surface area contributed by atoms with Gasteiger partial charge in [-0.1, -0.05) is 179 Å². The summed E-state index contributed by atoms with van der Waals surface area (Å²) in [6, 6.07) is 17.1. The normalized spacial score (nSPS) is 10.5. The van der Waals surface area contributed by atoms with Gasteiger partial charge < -0.3 is 81.3 Å². The van der Waals surface area contributed by atoms with Crippen LogP contribution in [0.3, 0.4) is 0 Å². The number of hydrogen-bond donors (Lipinski definition) is 1. The van der Waals surface area contributed by atoms with Gasteiger partial charge >= 0.3 is 77.7 Å². The molecular formula is C109H177N5O36. The van der Waals surface area contributed by atoms with E-state index in [0.717, 1.165) is 5.56 Å². The molecule has 4 rings (SSSR count). The summed E-state index contributed by atoms with van der Waals surface area (Å²) in [5.74, 6) is -8.41. The Labute approximate surface area is 889 Å². The summed E-state index contributed by atoms with van der Waals surface area (Å²) >= 11 is 0. The maximum atomic E-state index is 12.1. The van der Waals surface area contributed by atoms with Gasteiger partial charge in [-0.25, -0.2) is 28.8 Å². The fourth-order valence-electron chi connectivity index (χ4n) is 10.7. The highest BCUT2D eigenvalue weighted by Crippen LogP contribution is 2.25. The fraction of sp³-hybridized carbons (Fsp3) is 0.615. The summed E-state index contributed by atoms with van der Waals surface area (Å²) in [5.41, 5.74) is 0.795. The number of pyridine rings is 3. The Hall–Kier alpha value is -13.3. The van der Waals surface area contributed by atoms with Crippen LogP contribution in [0.15, 0.2) is 104 Å². The van der Waals surface area contributed by atoms with Crippen LogP contribution in [0.5, 0.6) is 0 Å². The molecular weight excluding hydrogens is 1960 g/mol. The van der Waals surface area contributed by atoms with Gasteiger partial charge in [-0.05, 0) is 55.3 Å². The van der Waals surface area contributed by atoms with E-state index in [1.807, 2.05) is 44.2 Å². The first-order valence-corrected chi connectivity index (χ1v) is 46.4. The topological polar surface area (TPSA) is 551 Å². The van der Waals surface area contributed by atoms with Crippen molar-refractivity contribution in [2.24, 2.45) is 64.6 Å². The number of Topliss-reactive ketones (excluding diaryl/α,β-unsaturated/α-hetero) is 7. The number of nitrogens with zero attached hydrogens (tertiary/aromatic N) is 4. The molecule has 1 aromatic carbocycles. The van der Waals surface area contributed by atoms with Crippen molar-refractivity contribution in [1.29, 1.82) is 0 Å². The van der Waals surface area contributed by atoms with Crippen molar-refractivity contribution in [2.45, 2.75) is 268 Å². The first-order valence-electron chi connectivity index (χ1n) is 46.4. The SMILES string of the molecule is C.C.C.C.C.C.C.CC(=O)OCC(C)(COC(C)=O)C(=O)C(C)C.CC(=O)OCC(COC(C)=O)CC(=O)C(C)C.CC(=O)OCC(COC(C)=O)N(CC(=O)C(C)C)C(C)=O.CC(=O)OCCCC(=O)C(C)C.CC(C)C(=O)CC(COC(=O)c1cccnc1)COC(=O)c1cccnc1.COC(=O)C(CC(=O)C(C)C)NC(=O)OCc1ccccc1.COCCOCC(=O)OCC(COC(=O)c1cccnc1)CC(=O)C(C)C. The zero-order valence-electron chi connectivity index (χ0n) is 87.3. The lowest BCUT2D eigenvalue weighted by Crippen LogP contribution is -2.48. The smallest absolute Gasteiger partial charge is 0.408 e. The summed E-state index contributed by atoms with van der Waals surface area (Å²) in [6.07, 6.45) is 9.66. The molecule has 854 valence electrons. The molecule has 150 heavy (non-hydrogen) atoms. The second-order valence-electron chi connectivity index (χ2n) is 34.8. The number of amides is 2. The van der Waals surface area contributed by atoms with Gasteiger partial charge in [0, 0.05) is 191 Å². The van der Waals surface area contributed by atoms with E-state index in [2.05, 4.69) is 29.7 Å². The Bertz CT molecular complexity index is 4450. The number of hydrogen-bond acceptors (Lipinski definition) is 39. The Morgan fingerprint density at radius 3 is 0.993 bits per heavy atom. The molecule has 2 amide bonds. The highest BCUT2D eigenvalue weighted by Gasteiger charge is 2.38. The first kappa shape index (κ1) is 157. The van der Waals surface area contributed by atoms with Crippen LogP contribution in [-0.4, -0.2) is 269 Å². The molecule has 3 heterocycles. The number of ether oxygens (including phenoxy) is 15. The highest BCUT2D eigenvalue weighted by atomic mass is 16.6. The molecule has 0 radical (unpaired) electrons. The van der Waals surface area contributed by atoms with E-state index in [1.54, 1.807) is 145 Å². The minimum absolute atomic E-state index is 0. The molecule has 1 N–H and O–H groups in total. The zero-order chi connectivity index (χ0) is 109. The van der Waals surface area contributed by atoms with Crippen molar-refractivity contribution in [3.63, 3.8) is 0 Å². The van der Waals surface area contributed by atoms with Crippen LogP contribution in [-0.2, 0) is 159 Å². The number of ketones is 7. The van der Waals surface area contributed by atoms with Crippen LogP contribution < -0.4 is 5.32 Å². The number of carbonyl (C=O) groups is 21. The van der Waals surface area contributed by atoms with Crippen molar-refractivity contribution in [3.05, 3.63) is 126 Å². The standard InChI is InChI=1S/C20H22N2O5.C19H27NO7.C16H21NO5.C14H23NO6.2C12H20O5.C9H16O3.7CH4/c1-14(2)18(23)9-15(12-26-19(24)16-5-3-7-21-10-16)13-27-20(25)17-6-4-8-22-11-17;1-14(2)17(21)9-15(11-26-18(22)13-25-8-7-24-3)12-27-19(23)16-5-4-6-20-10-16;1-11(2)14(18)9-13(15(19)21-3)17-16(20)22-10-12-7-5-4-6-8-12;1-9(2)14(19)6-15(10(3)16)13(7-20-11(4)17)8-21-12(5)18;1-8(2)11(15)12(5,6-16-9(3)13)7-17-10(4)14;1-8(2)12(15)5-11(6-16-9(3)13)7-17-10(4)14;1-7(2)9(11)5-4-6-12-8(3)10;;;;;;;/h3-8,10-11,14-15H,9,12-13H2,1-2H3;4-6,10,14-15H,7-9,11-13H2,1-3H3;4-8,11,13H,9-10H2,1-3H3,(H,17,20);9,13H,6-8H2,1-5H3;8H,6-7H2,1-5H3;8,11H,5-7H2,1-4H3;7H,4-6H2,1-3H3;7*1H4. The second kappa shape index (κ2) is 90.7. The summed E-state index contributed by atoms with van der Waals surface area (Å²) in [5, 5.41) is 2.37. The van der Waals surface area contributed by atoms with Gasteiger partial charge in [0.1, 0.15) is 86.4 Å². The maximum absolute atomic E-state index is 12.1. The lowest BCUT2D eigenvalue weighted by atomic mass is 9.82. The van der Waals surface area contributed by atoms with Crippen molar-refractivity contribution in [3.8, 4) is 0 Å². The number of methoxy groups -OCH3 is 2. The number of carbonyl (C=O) groups excluding carboxylic acids is 21. The number of aromatic nitrogens is 3. The van der Waals surface area contributed by atoms with E-state index < -0.39 is 101 Å². The summed E-state index contributed by atoms with van der Waals surface area (Å²) in [7, 11) is 2.73. The van der Waals surface area contributed by atoms with Crippen LogP contribution in [0.25, 0.3) is 0 Å². The third-order valence-electron chi connectivity index (χ3n) is 19.3. The molecule has 0 aliphatic carbocycles. The molecule has 41 heteroatoms. The van der Waals surface area contributed by atoms with Gasteiger partial charge in [0.05, 0.1) is 95.2 Å². The van der Waals surface area contributed by atoms with Crippen LogP contribution in [0.2, 0.25) is 0 Å². The molecule has 2 unspecified atom stereocenters. The molecule has 0 bridgehead atoms. The third-order valence-corrected chi connectivity index (χ3v) is 19.3. The summed E-state index contributed by atoms with van der Waals surface area (Å²) in [6.45, 7) is 37.3. The molecule has 41 nitrogen and oxygen atoms in total. The lowest BCUT2D eigenvalue weighted by Gasteiger charge is -2.30. The van der Waals surface area contributed by atoms with E-state index >= 15 is 0 Å². The second-order valence-corrected chi connectivity index (χ2v) is 34.8. The molecule has 0 saturated heterocycles. The molecule has 2 atom stereocenters. The highest BCUT2D eigenvalue weighted by molar-refractivity contribution is 5.92. The average Bonchev–Trinajstić information content (AvgIpc) is 0.910. The number of benzene rings is 1. The summed E-state index contributed by atoms with van der Waals surface area (Å²) in [4.78, 5) is 253. The van der Waals surface area contributed by atoms with E-state index in [1.165, 1.54) is 93.1 Å². The van der Waals surface area contributed by atoms with Crippen molar-refractivity contribution in [2.75, 3.05) is 113 Å². The van der Waals surface area contributed by atoms with E-state index in [-0.39, 0.29) is 270 Å². The quantitative estimate of drug-likeness (QED) is 0.0244. The minimum Gasteiger partial charge on any atom is -0.467 e. The monoisotopic (exact) mass is 2130 g/mol. The molecule has 0 spiro atoms. The van der Waals surface area contributed by atoms with Gasteiger partial charge in [-0.3, -0.25) is 86.9 Å². The minimum atomic E-state index is -1.04. The van der Waals surface area contributed by atoms with Crippen molar-refractivity contribution in [1.82, 2.24) is 25.2 Å². The van der Waals surface area contributed by atoms with Gasteiger partial charge in [-0.15, -0.1) is 0 Å². The number of nitrogens with one attached hydrogen (secondary N) is 1. The van der Waals surface area contributed by atoms with Gasteiger partial charge in [0.15, 0.2) is 5.78 Å². The molecule has 0 saturated carbocycles. The van der Waals surface area contributed by atoms with E-state index in [9.17, 15) is 101 Å². The van der Waals surface area contributed by atoms with Crippen LogP contribution in [0.4, 0.5) is 4.79 Å². The molecule has 0 fully saturated rings. The first-order chi connectivity index (χ1) is 67.0. The van der Waals surface area contributed by atoms with E-state index in [0.29, 0.717) is 42.7 Å². The molecule has 0 aliphatic heterocycles. The number of rotatable bonds is 55. The fourth-order valence-corrected chi connectivity index (χ4v) is 10.7. The zero-order valence-corrected chi connectivity index (χ0v) is 87.3. The summed E-state index contributed by atoms with van der Waals surface area (Å²) < 4.78 is 74.3. The Balaban J connectivity index is -0.000000192. The number of alkyl carbamates (subject to hydrolysis) is 1. The van der Waals surface area contributed by atoms with Crippen LogP contribution in [0, 0.1) is 64.6 Å². The van der Waals surface area contributed by atoms with Crippen molar-refractivity contribution >= 4 is 124 Å². The van der Waals surface area contributed by atoms with Gasteiger partial charge in [0.25, 0.3) is 0 Å². The van der Waals surface area contributed by atoms with Crippen LogP contribution in [0.1, 0.15) is 286 Å². The maximum Gasteiger partial charge on any atom is 0.408 e. The third kappa shape index (κ3) is 80.7. The number of esters is 12. The Morgan fingerprint density at radius 2 is 0.687 bits per heavy atom. The Kier molecular flexibility index (Phi) is 94.8. The van der Waals surface area contributed by atoms with Gasteiger partial charge in [0.2, 0.25) is 5.91 Å². The predicted octanol–water partition coefficient (Wildman–Crippen LogP) is 15.7. The Morgan fingerprint density at radius 1 is 0.353 bits per heavy atom. The molecule has 3 aromatic heterocycles. The predicted molar refractivity (Wildman–Crippen MR) is 563 cm³/mol. The molecule has 4 aromatic rings. The van der Waals surface area contributed by atoms with Gasteiger partial charge in [-0.2, -0.15) is 0 Å². The largest absolute Gasteiger partial charge is 0.467 e. The van der Waals surface area contributed by atoms with E-state index in [4.69, 9.17) is 61.6 Å². The van der Waals surface area contributed by atoms with Crippen LogP contribution >= 0.6 is 0 Å².